The summed E-state index contributed by atoms with van der Waals surface area (Å²) < 4.78 is 16.3. The Bertz CT molecular complexity index is 196. The molecule has 0 radical (unpaired) electrons. The lowest BCUT2D eigenvalue weighted by molar-refractivity contribution is 0.0194. The molecule has 0 N–H and O–H groups in total. The van der Waals surface area contributed by atoms with Gasteiger partial charge < -0.3 is 14.2 Å². The summed E-state index contributed by atoms with van der Waals surface area (Å²) in [5, 5.41) is 0. The number of halogens is 2. The van der Waals surface area contributed by atoms with Gasteiger partial charge in [0.15, 0.2) is 14.8 Å². The summed E-state index contributed by atoms with van der Waals surface area (Å²) in [6, 6.07) is 1.96. The van der Waals surface area contributed by atoms with Crippen molar-refractivity contribution in [2.75, 3.05) is 39.6 Å². The van der Waals surface area contributed by atoms with E-state index in [0.29, 0.717) is 26.4 Å². The zero-order valence-corrected chi connectivity index (χ0v) is 16.1. The molecule has 0 aliphatic heterocycles. The second-order valence-corrected chi connectivity index (χ2v) is 19.8. The van der Waals surface area contributed by atoms with Crippen molar-refractivity contribution in [1.29, 1.82) is 0 Å². The SMILES string of the molecule is C[Si](C)(Cl)CCOCCOCCOCC[Si](C)(C)Cl. The lowest BCUT2D eigenvalue weighted by atomic mass is 10.7. The third kappa shape index (κ3) is 18.9. The number of hydrogen-bond acceptors (Lipinski definition) is 3. The van der Waals surface area contributed by atoms with Gasteiger partial charge in [-0.25, -0.2) is 0 Å². The average Bonchev–Trinajstić information content (AvgIpc) is 2.22. The van der Waals surface area contributed by atoms with Crippen molar-refractivity contribution >= 4 is 36.9 Å². The lowest BCUT2D eigenvalue weighted by Crippen LogP contribution is -2.20. The Kier molecular flexibility index (Phi) is 11.1. The highest BCUT2D eigenvalue weighted by molar-refractivity contribution is 7.19. The first-order valence-electron chi connectivity index (χ1n) is 6.82. The fraction of sp³-hybridized carbons (Fsp3) is 1.00. The van der Waals surface area contributed by atoms with Crippen LogP contribution in [0.5, 0.6) is 0 Å². The van der Waals surface area contributed by atoms with Crippen LogP contribution in [0, 0.1) is 0 Å². The van der Waals surface area contributed by atoms with Gasteiger partial charge in [-0.1, -0.05) is 26.2 Å². The molecular weight excluding hydrogens is 319 g/mol. The Morgan fingerprint density at radius 2 is 0.842 bits per heavy atom. The largest absolute Gasteiger partial charge is 0.379 e. The first kappa shape index (κ1) is 19.9. The minimum Gasteiger partial charge on any atom is -0.379 e. The molecule has 0 atom stereocenters. The van der Waals surface area contributed by atoms with Crippen LogP contribution in [0.2, 0.25) is 38.3 Å². The molecule has 7 heteroatoms. The normalized spacial score (nSPS) is 12.9. The molecule has 0 unspecified atom stereocenters. The van der Waals surface area contributed by atoms with Gasteiger partial charge in [-0.3, -0.25) is 0 Å². The van der Waals surface area contributed by atoms with Crippen LogP contribution in [-0.2, 0) is 14.2 Å². The molecule has 0 rings (SSSR count). The first-order valence-corrected chi connectivity index (χ1v) is 15.3. The third-order valence-corrected chi connectivity index (χ3v) is 6.35. The average molecular weight is 347 g/mol. The monoisotopic (exact) mass is 346 g/mol. The smallest absolute Gasteiger partial charge is 0.152 e. The standard InChI is InChI=1S/C12H28Cl2O3Si2/c1-18(2,13)11-9-16-7-5-15-6-8-17-10-12-19(3,4)14/h5-12H2,1-4H3. The molecule has 0 fully saturated rings. The van der Waals surface area contributed by atoms with Gasteiger partial charge in [0.05, 0.1) is 26.4 Å². The van der Waals surface area contributed by atoms with Gasteiger partial charge in [-0.2, -0.15) is 22.2 Å². The molecule has 0 saturated carbocycles. The highest BCUT2D eigenvalue weighted by Crippen LogP contribution is 2.13. The van der Waals surface area contributed by atoms with E-state index in [1.807, 2.05) is 0 Å². The minimum absolute atomic E-state index is 0.614. The predicted molar refractivity (Wildman–Crippen MR) is 88.7 cm³/mol. The van der Waals surface area contributed by atoms with E-state index < -0.39 is 14.8 Å². The van der Waals surface area contributed by atoms with Crippen LogP contribution in [0.4, 0.5) is 0 Å². The molecule has 0 aromatic heterocycles. The van der Waals surface area contributed by atoms with Crippen molar-refractivity contribution in [3.63, 3.8) is 0 Å². The molecule has 0 aromatic carbocycles. The Labute approximate surface area is 129 Å². The van der Waals surface area contributed by atoms with Crippen molar-refractivity contribution in [2.24, 2.45) is 0 Å². The molecule has 19 heavy (non-hydrogen) atoms. The quantitative estimate of drug-likeness (QED) is 0.304. The maximum Gasteiger partial charge on any atom is 0.152 e. The minimum atomic E-state index is -1.48. The van der Waals surface area contributed by atoms with E-state index in [1.54, 1.807) is 0 Å². The Morgan fingerprint density at radius 3 is 1.11 bits per heavy atom. The third-order valence-electron chi connectivity index (χ3n) is 2.43. The Hall–Kier alpha value is 0.894. The number of rotatable bonds is 12. The van der Waals surface area contributed by atoms with E-state index in [4.69, 9.17) is 36.4 Å². The fourth-order valence-electron chi connectivity index (χ4n) is 1.17. The summed E-state index contributed by atoms with van der Waals surface area (Å²) in [4.78, 5) is 0. The van der Waals surface area contributed by atoms with Gasteiger partial charge in [0.1, 0.15) is 0 Å². The van der Waals surface area contributed by atoms with Gasteiger partial charge >= 0.3 is 0 Å². The van der Waals surface area contributed by atoms with Crippen molar-refractivity contribution < 1.29 is 14.2 Å². The summed E-state index contributed by atoms with van der Waals surface area (Å²) >= 11 is 12.4. The van der Waals surface area contributed by atoms with E-state index in [0.717, 1.165) is 25.3 Å². The highest BCUT2D eigenvalue weighted by Gasteiger charge is 2.16. The van der Waals surface area contributed by atoms with E-state index in [2.05, 4.69) is 26.2 Å². The number of hydrogen-bond donors (Lipinski definition) is 0. The van der Waals surface area contributed by atoms with E-state index in [1.165, 1.54) is 0 Å². The topological polar surface area (TPSA) is 27.7 Å². The second kappa shape index (κ2) is 10.6. The van der Waals surface area contributed by atoms with Crippen LogP contribution in [0.1, 0.15) is 0 Å². The van der Waals surface area contributed by atoms with Gasteiger partial charge in [-0.05, 0) is 12.1 Å². The van der Waals surface area contributed by atoms with Crippen LogP contribution in [-0.4, -0.2) is 54.4 Å². The molecule has 0 bridgehead atoms. The molecule has 0 amide bonds. The molecular formula is C12H28Cl2O3Si2. The lowest BCUT2D eigenvalue weighted by Gasteiger charge is -2.13. The molecule has 0 saturated heterocycles. The van der Waals surface area contributed by atoms with Gasteiger partial charge in [0.25, 0.3) is 0 Å². The van der Waals surface area contributed by atoms with Crippen LogP contribution in [0.3, 0.4) is 0 Å². The van der Waals surface area contributed by atoms with Crippen molar-refractivity contribution in [2.45, 2.75) is 38.3 Å². The Balaban J connectivity index is 3.12. The van der Waals surface area contributed by atoms with Crippen molar-refractivity contribution in [3.05, 3.63) is 0 Å². The zero-order valence-electron chi connectivity index (χ0n) is 12.6. The molecule has 0 aliphatic carbocycles. The highest BCUT2D eigenvalue weighted by atomic mass is 35.6. The van der Waals surface area contributed by atoms with Crippen LogP contribution in [0.15, 0.2) is 0 Å². The molecule has 0 aliphatic rings. The van der Waals surface area contributed by atoms with Gasteiger partial charge in [-0.15, -0.1) is 0 Å². The van der Waals surface area contributed by atoms with E-state index in [9.17, 15) is 0 Å². The van der Waals surface area contributed by atoms with E-state index >= 15 is 0 Å². The molecule has 0 heterocycles. The Morgan fingerprint density at radius 1 is 0.579 bits per heavy atom. The summed E-state index contributed by atoms with van der Waals surface area (Å²) in [6.45, 7) is 12.4. The van der Waals surface area contributed by atoms with Crippen molar-refractivity contribution in [3.8, 4) is 0 Å². The van der Waals surface area contributed by atoms with Crippen LogP contribution in [0.25, 0.3) is 0 Å². The maximum absolute atomic E-state index is 6.18. The number of ether oxygens (including phenoxy) is 3. The fourth-order valence-corrected chi connectivity index (χ4v) is 2.89. The van der Waals surface area contributed by atoms with Crippen molar-refractivity contribution in [1.82, 2.24) is 0 Å². The molecule has 116 valence electrons. The summed E-state index contributed by atoms with van der Waals surface area (Å²) in [6.07, 6.45) is 0. The molecule has 0 spiro atoms. The van der Waals surface area contributed by atoms with Gasteiger partial charge in [0, 0.05) is 13.2 Å². The first-order chi connectivity index (χ1) is 8.71. The maximum atomic E-state index is 6.18. The van der Waals surface area contributed by atoms with E-state index in [-0.39, 0.29) is 0 Å². The summed E-state index contributed by atoms with van der Waals surface area (Å²) in [5.74, 6) is 0. The van der Waals surface area contributed by atoms with Crippen LogP contribution >= 0.6 is 22.2 Å². The second-order valence-electron chi connectivity index (χ2n) is 5.77. The molecule has 0 aromatic rings. The van der Waals surface area contributed by atoms with Crippen LogP contribution < -0.4 is 0 Å². The summed E-state index contributed by atoms with van der Waals surface area (Å²) in [5.41, 5.74) is 0. The predicted octanol–water partition coefficient (Wildman–Crippen LogP) is 3.92. The zero-order chi connectivity index (χ0) is 14.8. The van der Waals surface area contributed by atoms with Gasteiger partial charge in [0.2, 0.25) is 0 Å². The summed E-state index contributed by atoms with van der Waals surface area (Å²) in [7, 11) is -2.97. The molecule has 3 nitrogen and oxygen atoms in total.